The normalized spacial score (nSPS) is 7.73. The molecule has 0 saturated heterocycles. The maximum absolute atomic E-state index is 8.78. The lowest BCUT2D eigenvalue weighted by Gasteiger charge is -1.81. The number of hydrogen-bond donors (Lipinski definition) is 3. The summed E-state index contributed by atoms with van der Waals surface area (Å²) in [5.74, 6) is 0. The summed E-state index contributed by atoms with van der Waals surface area (Å²) in [4.78, 5) is 9.79. The Morgan fingerprint density at radius 3 is 1.91 bits per heavy atom. The molecular weight excluding hydrogens is 162 g/mol. The van der Waals surface area contributed by atoms with Crippen molar-refractivity contribution in [2.24, 2.45) is 5.73 Å². The highest BCUT2D eigenvalue weighted by molar-refractivity contribution is 7.80. The van der Waals surface area contributed by atoms with E-state index in [0.29, 0.717) is 0 Å². The maximum Gasteiger partial charge on any atom is 0.402 e. The Morgan fingerprint density at radius 2 is 1.73 bits per heavy atom. The van der Waals surface area contributed by atoms with Crippen molar-refractivity contribution in [3.8, 4) is 0 Å². The molecule has 0 fully saturated rings. The molecule has 60 valence electrons. The quantitative estimate of drug-likeness (QED) is 0.519. The molecule has 0 aromatic heterocycles. The highest BCUT2D eigenvalue weighted by Gasteiger charge is 1.73. The van der Waals surface area contributed by atoms with Crippen LogP contribution < -0.4 is 5.73 Å². The summed E-state index contributed by atoms with van der Waals surface area (Å²) in [7, 11) is 0. The van der Waals surface area contributed by atoms with Crippen molar-refractivity contribution in [1.82, 2.24) is 0 Å². The Bertz CT molecular complexity index is 209. The molecule has 0 heterocycles. The van der Waals surface area contributed by atoms with Crippen molar-refractivity contribution in [3.63, 3.8) is 0 Å². The van der Waals surface area contributed by atoms with Crippen LogP contribution in [0.15, 0.2) is 35.2 Å². The minimum Gasteiger partial charge on any atom is -0.465 e. The topological polar surface area (TPSA) is 63.3 Å². The van der Waals surface area contributed by atoms with Gasteiger partial charge < -0.3 is 10.8 Å². The van der Waals surface area contributed by atoms with E-state index in [-0.39, 0.29) is 0 Å². The molecule has 1 amide bonds. The van der Waals surface area contributed by atoms with Crippen LogP contribution >= 0.6 is 12.6 Å². The first-order valence-electron chi connectivity index (χ1n) is 2.85. The summed E-state index contributed by atoms with van der Waals surface area (Å²) < 4.78 is 0. The molecule has 1 aromatic carbocycles. The van der Waals surface area contributed by atoms with Crippen LogP contribution in [0.25, 0.3) is 0 Å². The molecule has 0 saturated carbocycles. The van der Waals surface area contributed by atoms with Crippen molar-refractivity contribution in [3.05, 3.63) is 30.3 Å². The summed E-state index contributed by atoms with van der Waals surface area (Å²) >= 11 is 4.08. The monoisotopic (exact) mass is 171 g/mol. The van der Waals surface area contributed by atoms with E-state index in [1.807, 2.05) is 30.3 Å². The number of primary amides is 1. The number of carboxylic acid groups (broad SMARTS) is 1. The molecule has 11 heavy (non-hydrogen) atoms. The zero-order valence-corrected chi connectivity index (χ0v) is 6.66. The molecular formula is C7H9NO2S. The Balaban J connectivity index is 0.000000218. The molecule has 0 atom stereocenters. The summed E-state index contributed by atoms with van der Waals surface area (Å²) in [6.07, 6.45) is -1.33. The Morgan fingerprint density at radius 1 is 1.36 bits per heavy atom. The molecule has 1 aromatic rings. The van der Waals surface area contributed by atoms with Gasteiger partial charge in [-0.3, -0.25) is 0 Å². The summed E-state index contributed by atoms with van der Waals surface area (Å²) in [6.45, 7) is 0. The van der Waals surface area contributed by atoms with Gasteiger partial charge in [-0.05, 0) is 12.1 Å². The van der Waals surface area contributed by atoms with Crippen LogP contribution in [0.5, 0.6) is 0 Å². The lowest BCUT2D eigenvalue weighted by molar-refractivity contribution is 0.205. The van der Waals surface area contributed by atoms with Crippen LogP contribution in [0, 0.1) is 0 Å². The molecule has 0 unspecified atom stereocenters. The Kier molecular flexibility index (Phi) is 5.02. The molecule has 3 nitrogen and oxygen atoms in total. The molecule has 0 aliphatic carbocycles. The minimum atomic E-state index is -1.33. The van der Waals surface area contributed by atoms with Gasteiger partial charge in [-0.15, -0.1) is 12.6 Å². The van der Waals surface area contributed by atoms with Gasteiger partial charge in [0.25, 0.3) is 0 Å². The van der Waals surface area contributed by atoms with Crippen LogP contribution in [-0.4, -0.2) is 11.2 Å². The fraction of sp³-hybridized carbons (Fsp3) is 0. The predicted molar refractivity (Wildman–Crippen MR) is 45.9 cm³/mol. The largest absolute Gasteiger partial charge is 0.465 e. The van der Waals surface area contributed by atoms with Crippen molar-refractivity contribution >= 4 is 18.7 Å². The van der Waals surface area contributed by atoms with Crippen molar-refractivity contribution in [1.29, 1.82) is 0 Å². The lowest BCUT2D eigenvalue weighted by Crippen LogP contribution is -2.03. The summed E-state index contributed by atoms with van der Waals surface area (Å²) in [5, 5.41) is 7.19. The first-order chi connectivity index (χ1) is 5.13. The van der Waals surface area contributed by atoms with E-state index in [4.69, 9.17) is 9.90 Å². The number of benzene rings is 1. The fourth-order valence-electron chi connectivity index (χ4n) is 0.428. The number of hydrogen-bond acceptors (Lipinski definition) is 2. The number of carbonyl (C=O) groups is 1. The number of amides is 1. The Hall–Kier alpha value is -1.16. The standard InChI is InChI=1S/C6H6S.CH3NO2/c7-6-4-2-1-3-5-6;2-1(3)4/h1-5,7H;2H2,(H,3,4). The van der Waals surface area contributed by atoms with Crippen LogP contribution in [-0.2, 0) is 0 Å². The summed E-state index contributed by atoms with van der Waals surface area (Å²) in [5.41, 5.74) is 4.03. The highest BCUT2D eigenvalue weighted by Crippen LogP contribution is 2.00. The third-order valence-corrected chi connectivity index (χ3v) is 1.05. The third-order valence-electron chi connectivity index (χ3n) is 0.756. The molecule has 0 aliphatic heterocycles. The second-order valence-electron chi connectivity index (χ2n) is 1.67. The van der Waals surface area contributed by atoms with Crippen LogP contribution in [0.2, 0.25) is 0 Å². The average molecular weight is 171 g/mol. The molecule has 1 rings (SSSR count). The van der Waals surface area contributed by atoms with E-state index >= 15 is 0 Å². The van der Waals surface area contributed by atoms with Crippen molar-refractivity contribution in [2.45, 2.75) is 4.90 Å². The maximum atomic E-state index is 8.78. The number of thiol groups is 1. The number of rotatable bonds is 0. The minimum absolute atomic E-state index is 1.02. The fourth-order valence-corrected chi connectivity index (χ4v) is 0.600. The molecule has 0 spiro atoms. The number of nitrogens with two attached hydrogens (primary N) is 1. The summed E-state index contributed by atoms with van der Waals surface area (Å²) in [6, 6.07) is 9.79. The molecule has 3 N–H and O–H groups in total. The molecule has 0 radical (unpaired) electrons. The van der Waals surface area contributed by atoms with Gasteiger partial charge in [0, 0.05) is 4.90 Å². The van der Waals surface area contributed by atoms with Gasteiger partial charge in [0.1, 0.15) is 0 Å². The van der Waals surface area contributed by atoms with Gasteiger partial charge in [-0.1, -0.05) is 18.2 Å². The lowest BCUT2D eigenvalue weighted by atomic mass is 10.4. The molecule has 0 bridgehead atoms. The van der Waals surface area contributed by atoms with E-state index < -0.39 is 6.09 Å². The van der Waals surface area contributed by atoms with Gasteiger partial charge >= 0.3 is 6.09 Å². The van der Waals surface area contributed by atoms with Crippen molar-refractivity contribution < 1.29 is 9.90 Å². The van der Waals surface area contributed by atoms with Crippen LogP contribution in [0.3, 0.4) is 0 Å². The van der Waals surface area contributed by atoms with E-state index in [1.165, 1.54) is 0 Å². The predicted octanol–water partition coefficient (Wildman–Crippen LogP) is 1.60. The van der Waals surface area contributed by atoms with E-state index in [1.54, 1.807) is 0 Å². The van der Waals surface area contributed by atoms with Crippen molar-refractivity contribution in [2.75, 3.05) is 0 Å². The van der Waals surface area contributed by atoms with Gasteiger partial charge in [-0.25, -0.2) is 4.79 Å². The first kappa shape index (κ1) is 9.84. The van der Waals surface area contributed by atoms with E-state index in [9.17, 15) is 0 Å². The zero-order valence-electron chi connectivity index (χ0n) is 5.77. The van der Waals surface area contributed by atoms with E-state index in [2.05, 4.69) is 18.4 Å². The highest BCUT2D eigenvalue weighted by atomic mass is 32.1. The average Bonchev–Trinajstić information content (AvgIpc) is 1.87. The van der Waals surface area contributed by atoms with E-state index in [0.717, 1.165) is 4.90 Å². The smallest absolute Gasteiger partial charge is 0.402 e. The van der Waals surface area contributed by atoms with Gasteiger partial charge in [0.2, 0.25) is 0 Å². The van der Waals surface area contributed by atoms with Gasteiger partial charge in [0.15, 0.2) is 0 Å². The van der Waals surface area contributed by atoms with Gasteiger partial charge in [-0.2, -0.15) is 0 Å². The van der Waals surface area contributed by atoms with Crippen LogP contribution in [0.4, 0.5) is 4.79 Å². The molecule has 4 heteroatoms. The van der Waals surface area contributed by atoms with Crippen LogP contribution in [0.1, 0.15) is 0 Å². The SMILES string of the molecule is NC(=O)O.Sc1ccccc1. The Labute approximate surface area is 70.3 Å². The zero-order chi connectivity index (χ0) is 8.69. The third kappa shape index (κ3) is 8.84. The second kappa shape index (κ2) is 5.61. The second-order valence-corrected chi connectivity index (χ2v) is 2.19. The first-order valence-corrected chi connectivity index (χ1v) is 3.30. The van der Waals surface area contributed by atoms with Gasteiger partial charge in [0.05, 0.1) is 0 Å². The molecule has 0 aliphatic rings.